The van der Waals surface area contributed by atoms with Crippen molar-refractivity contribution in [2.45, 2.75) is 120 Å². The molecule has 0 radical (unpaired) electrons. The second-order valence-corrected chi connectivity index (χ2v) is 16.4. The standard InChI is InChI=1S/C37H52ClN3O10S/c1-20-11-10-12-27(48-9)37(46)19-26(49-34(45)40-37)21(2)32-36(6,51-32)28(50-33(44)22(3)39-29(42)13-14-35(4,5)52)18-30(43)41(7)24-16-23(15-20)17-25(47-8)31(24)38/h10-12,16-17,21-22,26-28,32,46,52H,13-15,18-19H2,1-9H3,(H,39,42)(H,40,45)/b12-10+,20-11+/t21-,22+,26?,27-,28+,32+,36+,37+/m1/s1. The van der Waals surface area contributed by atoms with Crippen LogP contribution >= 0.6 is 24.2 Å². The summed E-state index contributed by atoms with van der Waals surface area (Å²) < 4.78 is 28.7. The number of amides is 3. The lowest BCUT2D eigenvalue weighted by atomic mass is 9.83. The molecule has 0 aliphatic carbocycles. The molecular formula is C37H52ClN3O10S. The van der Waals surface area contributed by atoms with Crippen molar-refractivity contribution in [3.05, 3.63) is 46.5 Å². The van der Waals surface area contributed by atoms with E-state index < -0.39 is 65.7 Å². The van der Waals surface area contributed by atoms with Crippen molar-refractivity contribution in [1.29, 1.82) is 0 Å². The topological polar surface area (TPSA) is 165 Å². The van der Waals surface area contributed by atoms with Gasteiger partial charge in [-0.2, -0.15) is 12.6 Å². The number of methoxy groups -OCH3 is 2. The van der Waals surface area contributed by atoms with E-state index in [1.165, 1.54) is 26.0 Å². The lowest BCUT2D eigenvalue weighted by Gasteiger charge is -2.42. The molecule has 4 bridgehead atoms. The second-order valence-electron chi connectivity index (χ2n) is 14.8. The number of hydrogen-bond donors (Lipinski definition) is 4. The van der Waals surface area contributed by atoms with Crippen molar-refractivity contribution >= 4 is 53.8 Å². The number of halogens is 1. The molecule has 8 atom stereocenters. The molecule has 288 valence electrons. The third kappa shape index (κ3) is 9.81. The first-order chi connectivity index (χ1) is 24.2. The first-order valence-corrected chi connectivity index (χ1v) is 18.1. The van der Waals surface area contributed by atoms with Gasteiger partial charge in [0.05, 0.1) is 25.3 Å². The molecular weight excluding hydrogens is 714 g/mol. The third-order valence-electron chi connectivity index (χ3n) is 9.90. The number of nitrogens with zero attached hydrogens (tertiary/aromatic N) is 1. The van der Waals surface area contributed by atoms with Crippen molar-refractivity contribution in [1.82, 2.24) is 10.6 Å². The van der Waals surface area contributed by atoms with E-state index in [2.05, 4.69) is 23.3 Å². The number of esters is 1. The van der Waals surface area contributed by atoms with Gasteiger partial charge in [-0.25, -0.2) is 9.59 Å². The Bertz CT molecular complexity index is 1600. The molecule has 1 aromatic carbocycles. The van der Waals surface area contributed by atoms with Crippen molar-refractivity contribution in [3.63, 3.8) is 0 Å². The Labute approximate surface area is 316 Å². The van der Waals surface area contributed by atoms with Gasteiger partial charge in [0.25, 0.3) is 0 Å². The van der Waals surface area contributed by atoms with Gasteiger partial charge in [-0.3, -0.25) is 14.9 Å². The molecule has 4 rings (SSSR count). The summed E-state index contributed by atoms with van der Waals surface area (Å²) in [5, 5.41) is 17.1. The minimum atomic E-state index is -1.83. The molecule has 2 fully saturated rings. The third-order valence-corrected chi connectivity index (χ3v) is 10.5. The number of alkyl carbamates (subject to hydrolysis) is 1. The lowest BCUT2D eigenvalue weighted by molar-refractivity contribution is -0.157. The summed E-state index contributed by atoms with van der Waals surface area (Å²) in [5.41, 5.74) is -0.920. The van der Waals surface area contributed by atoms with Crippen molar-refractivity contribution < 1.29 is 48.0 Å². The van der Waals surface area contributed by atoms with E-state index in [1.54, 1.807) is 45.2 Å². The highest BCUT2D eigenvalue weighted by atomic mass is 35.5. The maximum absolute atomic E-state index is 14.1. The number of nitrogens with one attached hydrogen (secondary N) is 2. The maximum Gasteiger partial charge on any atom is 0.409 e. The molecule has 0 saturated carbocycles. The van der Waals surface area contributed by atoms with Crippen LogP contribution in [0.3, 0.4) is 0 Å². The molecule has 3 amide bonds. The van der Waals surface area contributed by atoms with E-state index in [1.807, 2.05) is 26.8 Å². The molecule has 52 heavy (non-hydrogen) atoms. The van der Waals surface area contributed by atoms with Gasteiger partial charge in [0.1, 0.15) is 40.7 Å². The monoisotopic (exact) mass is 765 g/mol. The fourth-order valence-electron chi connectivity index (χ4n) is 6.64. The first kappa shape index (κ1) is 41.5. The fraction of sp³-hybridized carbons (Fsp3) is 0.622. The van der Waals surface area contributed by atoms with Crippen LogP contribution in [0.1, 0.15) is 72.8 Å². The SMILES string of the molecule is COc1cc2cc(c1Cl)N(C)C(=O)C[C@H](OC(=O)[C@H](C)NC(=O)CCC(C)(C)S)[C@]1(C)O[C@H]1[C@H](C)C1C[C@@](O)(NC(=O)O1)[C@H](OC)/C=C/C=C(\C)C2. The zero-order chi connectivity index (χ0) is 38.8. The van der Waals surface area contributed by atoms with Gasteiger partial charge in [-0.1, -0.05) is 56.2 Å². The molecule has 3 aliphatic heterocycles. The van der Waals surface area contributed by atoms with Gasteiger partial charge in [-0.05, 0) is 51.3 Å². The number of epoxide rings is 1. The summed E-state index contributed by atoms with van der Waals surface area (Å²) in [5.74, 6) is -1.70. The predicted octanol–water partition coefficient (Wildman–Crippen LogP) is 4.66. The number of rotatable bonds is 8. The molecule has 15 heteroatoms. The molecule has 1 aromatic rings. The zero-order valence-corrected chi connectivity index (χ0v) is 32.9. The van der Waals surface area contributed by atoms with Crippen LogP contribution in [0.25, 0.3) is 0 Å². The van der Waals surface area contributed by atoms with E-state index in [9.17, 15) is 24.3 Å². The molecule has 0 aromatic heterocycles. The van der Waals surface area contributed by atoms with Crippen LogP contribution in [0.15, 0.2) is 35.9 Å². The maximum atomic E-state index is 14.1. The average Bonchev–Trinajstić information content (AvgIpc) is 3.76. The minimum Gasteiger partial charge on any atom is -0.495 e. The minimum absolute atomic E-state index is 0.0518. The number of fused-ring (bicyclic) bond motifs is 5. The summed E-state index contributed by atoms with van der Waals surface area (Å²) in [4.78, 5) is 54.4. The zero-order valence-electron chi connectivity index (χ0n) is 31.3. The summed E-state index contributed by atoms with van der Waals surface area (Å²) in [6.45, 7) is 10.7. The van der Waals surface area contributed by atoms with Crippen molar-refractivity contribution in [3.8, 4) is 5.75 Å². The highest BCUT2D eigenvalue weighted by Crippen LogP contribution is 2.49. The Morgan fingerprint density at radius 3 is 2.60 bits per heavy atom. The Hall–Kier alpha value is -3.30. The normalized spacial score (nSPS) is 31.9. The molecule has 3 aliphatic rings. The highest BCUT2D eigenvalue weighted by Gasteiger charge is 2.64. The summed E-state index contributed by atoms with van der Waals surface area (Å²) in [6.07, 6.45) is 1.56. The molecule has 13 nitrogen and oxygen atoms in total. The number of anilines is 1. The summed E-state index contributed by atoms with van der Waals surface area (Å²) >= 11 is 11.2. The van der Waals surface area contributed by atoms with Crippen LogP contribution in [-0.4, -0.2) is 96.8 Å². The number of benzene rings is 1. The van der Waals surface area contributed by atoms with Crippen LogP contribution in [0.4, 0.5) is 10.5 Å². The van der Waals surface area contributed by atoms with Crippen molar-refractivity contribution in [2.24, 2.45) is 5.92 Å². The van der Waals surface area contributed by atoms with Crippen molar-refractivity contribution in [2.75, 3.05) is 26.2 Å². The largest absolute Gasteiger partial charge is 0.495 e. The van der Waals surface area contributed by atoms with Crippen LogP contribution in [0, 0.1) is 5.92 Å². The Morgan fingerprint density at radius 1 is 1.27 bits per heavy atom. The number of hydrogen-bond acceptors (Lipinski definition) is 11. The van der Waals surface area contributed by atoms with E-state index in [-0.39, 0.29) is 34.9 Å². The number of carbonyl (C=O) groups is 4. The van der Waals surface area contributed by atoms with Crippen LogP contribution in [0.2, 0.25) is 5.02 Å². The lowest BCUT2D eigenvalue weighted by Crippen LogP contribution is -2.63. The molecule has 3 N–H and O–H groups in total. The molecule has 1 unspecified atom stereocenters. The van der Waals surface area contributed by atoms with Gasteiger partial charge in [0, 0.05) is 37.7 Å². The van der Waals surface area contributed by atoms with E-state index >= 15 is 0 Å². The average molecular weight is 766 g/mol. The molecule has 0 spiro atoms. The number of allylic oxidation sites excluding steroid dienone is 3. The van der Waals surface area contributed by atoms with Crippen LogP contribution in [0.5, 0.6) is 5.75 Å². The first-order valence-electron chi connectivity index (χ1n) is 17.3. The van der Waals surface area contributed by atoms with E-state index in [4.69, 9.17) is 35.3 Å². The number of thiol groups is 1. The van der Waals surface area contributed by atoms with Crippen LogP contribution < -0.4 is 20.3 Å². The summed E-state index contributed by atoms with van der Waals surface area (Å²) in [7, 11) is 4.49. The van der Waals surface area contributed by atoms with Gasteiger partial charge in [0.2, 0.25) is 11.8 Å². The number of ether oxygens (including phenoxy) is 5. The number of carbonyl (C=O) groups excluding carboxylic acids is 4. The molecule has 3 heterocycles. The van der Waals surface area contributed by atoms with Gasteiger partial charge in [-0.15, -0.1) is 0 Å². The highest BCUT2D eigenvalue weighted by molar-refractivity contribution is 7.81. The Kier molecular flexibility index (Phi) is 13.1. The quantitative estimate of drug-likeness (QED) is 0.166. The Balaban J connectivity index is 1.72. The fourth-order valence-corrected chi connectivity index (χ4v) is 7.06. The summed E-state index contributed by atoms with van der Waals surface area (Å²) in [6, 6.07) is 2.54. The predicted molar refractivity (Wildman–Crippen MR) is 199 cm³/mol. The number of aliphatic hydroxyl groups is 1. The van der Waals surface area contributed by atoms with E-state index in [0.29, 0.717) is 24.3 Å². The van der Waals surface area contributed by atoms with E-state index in [0.717, 1.165) is 11.1 Å². The Morgan fingerprint density at radius 2 is 1.96 bits per heavy atom. The molecule has 2 saturated heterocycles. The van der Waals surface area contributed by atoms with Gasteiger partial charge >= 0.3 is 12.1 Å². The van der Waals surface area contributed by atoms with Gasteiger partial charge in [0.15, 0.2) is 5.72 Å². The van der Waals surface area contributed by atoms with Crippen LogP contribution in [-0.2, 0) is 39.8 Å². The smallest absolute Gasteiger partial charge is 0.409 e. The second kappa shape index (κ2) is 16.4. The van der Waals surface area contributed by atoms with Gasteiger partial charge < -0.3 is 39.0 Å².